The lowest BCUT2D eigenvalue weighted by Gasteiger charge is -2.18. The van der Waals surface area contributed by atoms with Crippen molar-refractivity contribution in [3.63, 3.8) is 0 Å². The highest BCUT2D eigenvalue weighted by atomic mass is 19.3. The lowest BCUT2D eigenvalue weighted by molar-refractivity contribution is -0.447. The normalized spacial score (nSPS) is 12.5. The number of methoxy groups -OCH3 is 1. The van der Waals surface area contributed by atoms with Gasteiger partial charge in [-0.15, -0.1) is 8.78 Å². The molecule has 8 heteroatoms. The van der Waals surface area contributed by atoms with Gasteiger partial charge in [0, 0.05) is 6.92 Å². The van der Waals surface area contributed by atoms with Gasteiger partial charge in [-0.05, 0) is 0 Å². The van der Waals surface area contributed by atoms with Crippen LogP contribution in [-0.4, -0.2) is 25.7 Å². The maximum atomic E-state index is 12.1. The molecule has 0 aliphatic rings. The standard InChI is InChI=1S/C5H6F4O4/c1-4(6,7)13-5(8,9)12-3(10)11-2/h1-2H3. The molecule has 0 aliphatic carbocycles. The van der Waals surface area contributed by atoms with Gasteiger partial charge in [0.15, 0.2) is 0 Å². The third-order valence-electron chi connectivity index (χ3n) is 0.667. The van der Waals surface area contributed by atoms with Crippen LogP contribution in [0.3, 0.4) is 0 Å². The number of rotatable bonds is 3. The Kier molecular flexibility index (Phi) is 3.47. The summed E-state index contributed by atoms with van der Waals surface area (Å²) in [4.78, 5) is 10.1. The van der Waals surface area contributed by atoms with Crippen LogP contribution in [0.1, 0.15) is 6.92 Å². The minimum absolute atomic E-state index is 0.0710. The molecule has 0 aliphatic heterocycles. The van der Waals surface area contributed by atoms with E-state index >= 15 is 0 Å². The Bertz CT molecular complexity index is 187. The van der Waals surface area contributed by atoms with Gasteiger partial charge in [0.05, 0.1) is 7.11 Å². The molecule has 0 spiro atoms. The van der Waals surface area contributed by atoms with Crippen LogP contribution in [0.5, 0.6) is 0 Å². The second-order valence-corrected chi connectivity index (χ2v) is 1.93. The second-order valence-electron chi connectivity index (χ2n) is 1.93. The third-order valence-corrected chi connectivity index (χ3v) is 0.667. The zero-order valence-electron chi connectivity index (χ0n) is 6.64. The number of ether oxygens (including phenoxy) is 3. The van der Waals surface area contributed by atoms with Crippen LogP contribution in [0.25, 0.3) is 0 Å². The molecule has 0 N–H and O–H groups in total. The van der Waals surface area contributed by atoms with E-state index in [1.54, 1.807) is 0 Å². The highest BCUT2D eigenvalue weighted by Gasteiger charge is 2.45. The van der Waals surface area contributed by atoms with E-state index in [-0.39, 0.29) is 6.92 Å². The summed E-state index contributed by atoms with van der Waals surface area (Å²) >= 11 is 0. The van der Waals surface area contributed by atoms with Gasteiger partial charge in [-0.3, -0.25) is 0 Å². The summed E-state index contributed by atoms with van der Waals surface area (Å²) in [5.41, 5.74) is 0. The Morgan fingerprint density at radius 2 is 1.69 bits per heavy atom. The average Bonchev–Trinajstić information content (AvgIpc) is 1.80. The molecule has 13 heavy (non-hydrogen) atoms. The van der Waals surface area contributed by atoms with E-state index in [0.29, 0.717) is 0 Å². The van der Waals surface area contributed by atoms with Gasteiger partial charge in [-0.25, -0.2) is 9.53 Å². The molecule has 0 aromatic rings. The maximum Gasteiger partial charge on any atom is 0.544 e. The summed E-state index contributed by atoms with van der Waals surface area (Å²) in [5.74, 6) is 0. The fourth-order valence-corrected chi connectivity index (χ4v) is 0.368. The SMILES string of the molecule is COC(=O)OC(F)(F)OC(C)(F)F. The van der Waals surface area contributed by atoms with Crippen molar-refractivity contribution >= 4 is 6.16 Å². The fraction of sp³-hybridized carbons (Fsp3) is 0.800. The Hall–Kier alpha value is -1.05. The first-order chi connectivity index (χ1) is 5.66. The van der Waals surface area contributed by atoms with Crippen molar-refractivity contribution in [3.05, 3.63) is 0 Å². The zero-order valence-corrected chi connectivity index (χ0v) is 6.64. The van der Waals surface area contributed by atoms with Crippen LogP contribution in [0.4, 0.5) is 22.4 Å². The van der Waals surface area contributed by atoms with E-state index in [4.69, 9.17) is 0 Å². The van der Waals surface area contributed by atoms with Gasteiger partial charge in [0.1, 0.15) is 0 Å². The lowest BCUT2D eigenvalue weighted by atomic mass is 10.7. The summed E-state index contributed by atoms with van der Waals surface area (Å²) in [5, 5.41) is 0. The van der Waals surface area contributed by atoms with Gasteiger partial charge >= 0.3 is 18.6 Å². The Morgan fingerprint density at radius 3 is 2.00 bits per heavy atom. The summed E-state index contributed by atoms with van der Waals surface area (Å²) in [6.45, 7) is 0.0710. The first-order valence-electron chi connectivity index (χ1n) is 2.89. The average molecular weight is 206 g/mol. The summed E-state index contributed by atoms with van der Waals surface area (Å²) in [7, 11) is 0.739. The molecule has 0 radical (unpaired) electrons. The van der Waals surface area contributed by atoms with Crippen LogP contribution >= 0.6 is 0 Å². The minimum atomic E-state index is -4.72. The molecule has 0 fully saturated rings. The summed E-state index contributed by atoms with van der Waals surface area (Å²) in [6, 6.07) is 0. The van der Waals surface area contributed by atoms with Gasteiger partial charge < -0.3 is 9.47 Å². The number of alkyl halides is 4. The Balaban J connectivity index is 4.16. The molecule has 0 saturated heterocycles. The second kappa shape index (κ2) is 3.77. The molecule has 0 amide bonds. The molecule has 0 atom stereocenters. The number of carbonyl (C=O) groups is 1. The molecule has 0 rings (SSSR count). The van der Waals surface area contributed by atoms with Gasteiger partial charge in [-0.1, -0.05) is 0 Å². The number of carbonyl (C=O) groups excluding carboxylic acids is 1. The zero-order chi connectivity index (χ0) is 10.7. The van der Waals surface area contributed by atoms with Crippen molar-refractivity contribution in [1.29, 1.82) is 0 Å². The predicted molar refractivity (Wildman–Crippen MR) is 30.1 cm³/mol. The van der Waals surface area contributed by atoms with Crippen molar-refractivity contribution in [2.45, 2.75) is 19.3 Å². The maximum absolute atomic E-state index is 12.1. The Labute approximate surface area is 70.4 Å². The quantitative estimate of drug-likeness (QED) is 0.402. The van der Waals surface area contributed by atoms with Crippen LogP contribution in [0.15, 0.2) is 0 Å². The van der Waals surface area contributed by atoms with Crippen molar-refractivity contribution in [2.75, 3.05) is 7.11 Å². The van der Waals surface area contributed by atoms with Gasteiger partial charge in [0.2, 0.25) is 0 Å². The van der Waals surface area contributed by atoms with Crippen LogP contribution < -0.4 is 0 Å². The first kappa shape index (κ1) is 11.9. The molecule has 0 heterocycles. The highest BCUT2D eigenvalue weighted by molar-refractivity contribution is 5.59. The van der Waals surface area contributed by atoms with E-state index in [0.717, 1.165) is 7.11 Å². The fourth-order valence-electron chi connectivity index (χ4n) is 0.368. The summed E-state index contributed by atoms with van der Waals surface area (Å²) < 4.78 is 57.4. The summed E-state index contributed by atoms with van der Waals surface area (Å²) in [6.07, 6.45) is -10.7. The van der Waals surface area contributed by atoms with E-state index < -0.39 is 18.6 Å². The van der Waals surface area contributed by atoms with E-state index in [1.165, 1.54) is 0 Å². The molecule has 78 valence electrons. The van der Waals surface area contributed by atoms with Crippen molar-refractivity contribution in [3.8, 4) is 0 Å². The highest BCUT2D eigenvalue weighted by Crippen LogP contribution is 2.27. The topological polar surface area (TPSA) is 44.8 Å². The van der Waals surface area contributed by atoms with E-state index in [9.17, 15) is 22.4 Å². The number of hydrogen-bond donors (Lipinski definition) is 0. The first-order valence-corrected chi connectivity index (χ1v) is 2.89. The minimum Gasteiger partial charge on any atom is -0.437 e. The van der Waals surface area contributed by atoms with Crippen LogP contribution in [0, 0.1) is 0 Å². The smallest absolute Gasteiger partial charge is 0.437 e. The van der Waals surface area contributed by atoms with E-state index in [2.05, 4.69) is 14.2 Å². The van der Waals surface area contributed by atoms with E-state index in [1.807, 2.05) is 0 Å². The molecular weight excluding hydrogens is 200 g/mol. The number of hydrogen-bond acceptors (Lipinski definition) is 4. The molecular formula is C5H6F4O4. The lowest BCUT2D eigenvalue weighted by Crippen LogP contribution is -2.35. The van der Waals surface area contributed by atoms with Crippen LogP contribution in [-0.2, 0) is 14.2 Å². The molecule has 0 bridgehead atoms. The van der Waals surface area contributed by atoms with Crippen molar-refractivity contribution < 1.29 is 36.6 Å². The van der Waals surface area contributed by atoms with Gasteiger partial charge in [-0.2, -0.15) is 8.78 Å². The molecule has 0 saturated carbocycles. The van der Waals surface area contributed by atoms with Crippen molar-refractivity contribution in [1.82, 2.24) is 0 Å². The van der Waals surface area contributed by atoms with Crippen LogP contribution in [0.2, 0.25) is 0 Å². The molecule has 0 unspecified atom stereocenters. The third kappa shape index (κ3) is 6.14. The van der Waals surface area contributed by atoms with Crippen molar-refractivity contribution in [2.24, 2.45) is 0 Å². The van der Waals surface area contributed by atoms with Gasteiger partial charge in [0.25, 0.3) is 0 Å². The molecule has 0 aromatic heterocycles. The molecule has 4 nitrogen and oxygen atoms in total. The predicted octanol–water partition coefficient (Wildman–Crippen LogP) is 1.95. The Morgan fingerprint density at radius 1 is 1.23 bits per heavy atom. The number of halogens is 4. The monoisotopic (exact) mass is 206 g/mol. The molecule has 0 aromatic carbocycles. The largest absolute Gasteiger partial charge is 0.544 e.